The van der Waals surface area contributed by atoms with Crippen LogP contribution in [0.1, 0.15) is 0 Å². The molecule has 1 aliphatic heterocycles. The van der Waals surface area contributed by atoms with Crippen molar-refractivity contribution in [1.82, 2.24) is 5.32 Å². The van der Waals surface area contributed by atoms with E-state index in [-0.39, 0.29) is 5.41 Å². The van der Waals surface area contributed by atoms with Crippen molar-refractivity contribution in [2.75, 3.05) is 0 Å². The first-order valence-electron chi connectivity index (χ1n) is 4.73. The first-order valence-corrected chi connectivity index (χ1v) is 4.73. The van der Waals surface area contributed by atoms with E-state index >= 15 is 0 Å². The van der Waals surface area contributed by atoms with Gasteiger partial charge in [-0.05, 0) is 23.4 Å². The van der Waals surface area contributed by atoms with Crippen molar-refractivity contribution >= 4 is 0 Å². The van der Waals surface area contributed by atoms with Crippen molar-refractivity contribution in [1.29, 1.82) is 0 Å². The highest BCUT2D eigenvalue weighted by Crippen LogP contribution is 2.44. The maximum absolute atomic E-state index is 3.18. The zero-order chi connectivity index (χ0) is 9.43. The van der Waals surface area contributed by atoms with Gasteiger partial charge in [0.05, 0.1) is 11.6 Å². The summed E-state index contributed by atoms with van der Waals surface area (Å²) in [6, 6.07) is 0. The monoisotopic (exact) mass is 180 g/mol. The lowest BCUT2D eigenvalue weighted by Crippen LogP contribution is -2.27. The fourth-order valence-corrected chi connectivity index (χ4v) is 2.10. The lowest BCUT2D eigenvalue weighted by Gasteiger charge is -2.35. The maximum Gasteiger partial charge on any atom is 0.0670 e. The predicted octanol–water partition coefficient (Wildman–Crippen LogP) is 2.40. The van der Waals surface area contributed by atoms with Gasteiger partial charge in [-0.1, -0.05) is 42.5 Å². The van der Waals surface area contributed by atoms with E-state index in [2.05, 4.69) is 60.1 Å². The Balaban J connectivity index is 2.24. The number of dihydropyridines is 1. The minimum atomic E-state index is -0.0608. The van der Waals surface area contributed by atoms with Gasteiger partial charge in [-0.2, -0.15) is 0 Å². The summed E-state index contributed by atoms with van der Waals surface area (Å²) in [5, 5.41) is 3.01. The van der Waals surface area contributed by atoms with Gasteiger partial charge in [0.15, 0.2) is 0 Å². The summed E-state index contributed by atoms with van der Waals surface area (Å²) >= 11 is 0. The second-order valence-corrected chi connectivity index (χ2v) is 3.58. The topological polar surface area (TPSA) is 12.0 Å². The van der Waals surface area contributed by atoms with Crippen molar-refractivity contribution in [3.63, 3.8) is 0 Å². The third-order valence-electron chi connectivity index (χ3n) is 2.84. The first-order chi connectivity index (χ1) is 6.92. The summed E-state index contributed by atoms with van der Waals surface area (Å²) in [6.45, 7) is 0. The molecule has 2 aliphatic carbocycles. The second-order valence-electron chi connectivity index (χ2n) is 3.58. The average molecular weight is 180 g/mol. The quantitative estimate of drug-likeness (QED) is 0.603. The fourth-order valence-electron chi connectivity index (χ4n) is 2.10. The van der Waals surface area contributed by atoms with E-state index in [4.69, 9.17) is 0 Å². The molecule has 1 spiro atoms. The number of nitrogens with one attached hydrogen (secondary N) is 1. The second kappa shape index (κ2) is 2.61. The molecule has 1 atom stereocenters. The van der Waals surface area contributed by atoms with Crippen molar-refractivity contribution < 1.29 is 0 Å². The number of rotatable bonds is 0. The van der Waals surface area contributed by atoms with Crippen LogP contribution >= 0.6 is 0 Å². The Kier molecular flexibility index (Phi) is 1.42. The van der Waals surface area contributed by atoms with Crippen LogP contribution in [0.5, 0.6) is 0 Å². The van der Waals surface area contributed by atoms with Crippen LogP contribution in [0.15, 0.2) is 66.0 Å². The highest BCUT2D eigenvalue weighted by molar-refractivity contribution is 5.57. The summed E-state index contributed by atoms with van der Waals surface area (Å²) in [7, 11) is 0. The van der Waals surface area contributed by atoms with Crippen LogP contribution in [0.2, 0.25) is 0 Å². The number of hydrogen-bond acceptors (Lipinski definition) is 1. The van der Waals surface area contributed by atoms with Crippen LogP contribution in [0.3, 0.4) is 0 Å². The van der Waals surface area contributed by atoms with Gasteiger partial charge in [0.25, 0.3) is 0 Å². The number of allylic oxidation sites excluding steroid dienone is 10. The van der Waals surface area contributed by atoms with Crippen molar-refractivity contribution in [3.8, 4) is 0 Å². The van der Waals surface area contributed by atoms with Crippen LogP contribution < -0.4 is 5.32 Å². The summed E-state index contributed by atoms with van der Waals surface area (Å²) in [6.07, 6.45) is 22.1. The van der Waals surface area contributed by atoms with E-state index < -0.39 is 0 Å². The Hall–Kier alpha value is -1.76. The summed E-state index contributed by atoms with van der Waals surface area (Å²) < 4.78 is 0. The van der Waals surface area contributed by atoms with Crippen molar-refractivity contribution in [2.24, 2.45) is 5.41 Å². The molecule has 0 aromatic rings. The normalized spacial score (nSPS) is 31.4. The molecule has 67 valence electrons. The van der Waals surface area contributed by atoms with E-state index in [0.29, 0.717) is 0 Å². The molecule has 14 heavy (non-hydrogen) atoms. The van der Waals surface area contributed by atoms with Gasteiger partial charge in [0.1, 0.15) is 0 Å². The number of hydrogen-bond donors (Lipinski definition) is 1. The maximum atomic E-state index is 3.18. The molecule has 1 unspecified atom stereocenters. The minimum absolute atomic E-state index is 0.0608. The molecule has 3 aliphatic rings. The van der Waals surface area contributed by atoms with Crippen LogP contribution in [0, 0.1) is 11.6 Å². The molecule has 0 saturated carbocycles. The van der Waals surface area contributed by atoms with Gasteiger partial charge < -0.3 is 5.32 Å². The lowest BCUT2D eigenvalue weighted by molar-refractivity contribution is 0.691. The fraction of sp³-hybridized carbons (Fsp3) is 0.0769. The molecule has 1 nitrogen and oxygen atoms in total. The molecule has 1 radical (unpaired) electrons. The third-order valence-corrected chi connectivity index (χ3v) is 2.84. The largest absolute Gasteiger partial charge is 0.360 e. The van der Waals surface area contributed by atoms with Crippen molar-refractivity contribution in [2.45, 2.75) is 0 Å². The van der Waals surface area contributed by atoms with E-state index in [1.54, 1.807) is 0 Å². The molecular weight excluding hydrogens is 170 g/mol. The molecule has 0 aromatic carbocycles. The Labute approximate surface area is 83.5 Å². The van der Waals surface area contributed by atoms with Gasteiger partial charge in [0, 0.05) is 0 Å². The summed E-state index contributed by atoms with van der Waals surface area (Å²) in [4.78, 5) is 0. The van der Waals surface area contributed by atoms with Crippen LogP contribution in [0.4, 0.5) is 0 Å². The van der Waals surface area contributed by atoms with Gasteiger partial charge in [-0.25, -0.2) is 0 Å². The van der Waals surface area contributed by atoms with E-state index in [1.165, 1.54) is 11.1 Å². The van der Waals surface area contributed by atoms with E-state index in [0.717, 1.165) is 0 Å². The Morgan fingerprint density at radius 2 is 2.07 bits per heavy atom. The van der Waals surface area contributed by atoms with Gasteiger partial charge >= 0.3 is 0 Å². The van der Waals surface area contributed by atoms with Crippen LogP contribution in [0.25, 0.3) is 0 Å². The molecule has 1 heteroatoms. The smallest absolute Gasteiger partial charge is 0.0670 e. The lowest BCUT2D eigenvalue weighted by atomic mass is 9.69. The van der Waals surface area contributed by atoms with Gasteiger partial charge in [-0.15, -0.1) is 0 Å². The molecule has 0 amide bonds. The van der Waals surface area contributed by atoms with Crippen molar-refractivity contribution in [3.05, 3.63) is 72.2 Å². The molecular formula is C13H10N. The van der Waals surface area contributed by atoms with Crippen LogP contribution in [-0.2, 0) is 0 Å². The highest BCUT2D eigenvalue weighted by atomic mass is 14.8. The molecule has 1 N–H and O–H groups in total. The van der Waals surface area contributed by atoms with E-state index in [1.807, 2.05) is 6.20 Å². The molecule has 0 fully saturated rings. The zero-order valence-corrected chi connectivity index (χ0v) is 7.70. The molecule has 0 bridgehead atoms. The van der Waals surface area contributed by atoms with Gasteiger partial charge in [-0.3, -0.25) is 0 Å². The average Bonchev–Trinajstić information content (AvgIpc) is 2.26. The predicted molar refractivity (Wildman–Crippen MR) is 57.0 cm³/mol. The Bertz CT molecular complexity index is 444. The Morgan fingerprint density at radius 1 is 1.07 bits per heavy atom. The zero-order valence-electron chi connectivity index (χ0n) is 7.70. The molecule has 0 saturated heterocycles. The SMILES string of the molecule is [C]1=C2C=CC=C3C=CC=CC23C=CN1. The van der Waals surface area contributed by atoms with Crippen LogP contribution in [-0.4, -0.2) is 0 Å². The Morgan fingerprint density at radius 3 is 3.07 bits per heavy atom. The highest BCUT2D eigenvalue weighted by Gasteiger charge is 2.34. The van der Waals surface area contributed by atoms with E-state index in [9.17, 15) is 0 Å². The minimum Gasteiger partial charge on any atom is -0.360 e. The molecule has 3 rings (SSSR count). The first kappa shape index (κ1) is 7.63. The molecule has 1 heterocycles. The summed E-state index contributed by atoms with van der Waals surface area (Å²) in [5.41, 5.74) is 2.43. The summed E-state index contributed by atoms with van der Waals surface area (Å²) in [5.74, 6) is 0. The third kappa shape index (κ3) is 0.841. The molecule has 0 aromatic heterocycles. The standard InChI is InChI=1S/C13H10N/c1-2-7-13-8-9-14-10-12(13)6-3-5-11(13)4-1/h1-9,14H. The van der Waals surface area contributed by atoms with Gasteiger partial charge in [0.2, 0.25) is 0 Å².